The lowest BCUT2D eigenvalue weighted by atomic mass is 10.2. The number of benzene rings is 2. The van der Waals surface area contributed by atoms with Crippen LogP contribution in [0.4, 0.5) is 0 Å². The van der Waals surface area contributed by atoms with Gasteiger partial charge in [0.15, 0.2) is 11.8 Å². The van der Waals surface area contributed by atoms with Crippen molar-refractivity contribution in [1.29, 1.82) is 0 Å². The minimum absolute atomic E-state index is 0.0929. The van der Waals surface area contributed by atoms with Gasteiger partial charge in [0.1, 0.15) is 0 Å². The smallest absolute Gasteiger partial charge is 0.344 e. The van der Waals surface area contributed by atoms with Gasteiger partial charge in [-0.25, -0.2) is 9.59 Å². The number of ether oxygens (including phenoxy) is 2. The van der Waals surface area contributed by atoms with Crippen LogP contribution in [-0.4, -0.2) is 11.9 Å². The molecule has 23 heavy (non-hydrogen) atoms. The molecule has 2 aromatic carbocycles. The maximum Gasteiger partial charge on any atom is 0.344 e. The number of hydrogen-bond donors (Lipinski definition) is 1. The van der Waals surface area contributed by atoms with E-state index in [9.17, 15) is 9.59 Å². The van der Waals surface area contributed by atoms with E-state index >= 15 is 0 Å². The topological polar surface area (TPSA) is 64.6 Å². The predicted octanol–water partition coefficient (Wildman–Crippen LogP) is 3.23. The molecule has 0 spiro atoms. The molecule has 5 nitrogen and oxygen atoms in total. The van der Waals surface area contributed by atoms with Crippen molar-refractivity contribution in [2.24, 2.45) is 0 Å². The van der Waals surface area contributed by atoms with Crippen molar-refractivity contribution in [3.63, 3.8) is 0 Å². The molecule has 0 aromatic heterocycles. The zero-order valence-electron chi connectivity index (χ0n) is 12.3. The standard InChI is InChI=1S/C18H15NO4/c1-13(22-17(20)15-9-5-3-6-10-15)19-14(2)23-18(21)16-11-7-4-8-12-16/h3-12,19H,1-2H2. The van der Waals surface area contributed by atoms with Crippen LogP contribution in [0.3, 0.4) is 0 Å². The van der Waals surface area contributed by atoms with Gasteiger partial charge in [0.05, 0.1) is 11.1 Å². The molecule has 0 saturated carbocycles. The Kier molecular flexibility index (Phi) is 5.30. The molecule has 0 bridgehead atoms. The van der Waals surface area contributed by atoms with Gasteiger partial charge in [-0.1, -0.05) is 36.4 Å². The summed E-state index contributed by atoms with van der Waals surface area (Å²) in [5.41, 5.74) is 0.754. The molecule has 0 fully saturated rings. The number of esters is 2. The second kappa shape index (κ2) is 7.61. The molecule has 0 saturated heterocycles. The number of carbonyl (C=O) groups is 2. The van der Waals surface area contributed by atoms with Crippen molar-refractivity contribution < 1.29 is 19.1 Å². The highest BCUT2D eigenvalue weighted by Crippen LogP contribution is 2.07. The molecule has 2 aromatic rings. The summed E-state index contributed by atoms with van der Waals surface area (Å²) in [6.07, 6.45) is 0. The zero-order valence-corrected chi connectivity index (χ0v) is 12.3. The highest BCUT2D eigenvalue weighted by Gasteiger charge is 2.12. The Labute approximate surface area is 133 Å². The highest BCUT2D eigenvalue weighted by molar-refractivity contribution is 5.90. The predicted molar refractivity (Wildman–Crippen MR) is 85.1 cm³/mol. The monoisotopic (exact) mass is 309 g/mol. The third-order valence-corrected chi connectivity index (χ3v) is 2.73. The lowest BCUT2D eigenvalue weighted by Crippen LogP contribution is -2.20. The minimum atomic E-state index is -0.578. The molecular formula is C18H15NO4. The Morgan fingerprint density at radius 3 is 1.39 bits per heavy atom. The zero-order chi connectivity index (χ0) is 16.7. The van der Waals surface area contributed by atoms with Crippen LogP contribution in [0.25, 0.3) is 0 Å². The molecule has 0 heterocycles. The van der Waals surface area contributed by atoms with Crippen molar-refractivity contribution in [3.05, 3.63) is 96.7 Å². The molecule has 5 heteroatoms. The Bertz CT molecular complexity index is 660. The number of hydrogen-bond acceptors (Lipinski definition) is 5. The van der Waals surface area contributed by atoms with Crippen molar-refractivity contribution in [3.8, 4) is 0 Å². The molecule has 0 amide bonds. The molecule has 2 rings (SSSR count). The summed E-state index contributed by atoms with van der Waals surface area (Å²) in [5.74, 6) is -1.34. The maximum atomic E-state index is 11.8. The van der Waals surface area contributed by atoms with Crippen molar-refractivity contribution in [2.75, 3.05) is 0 Å². The van der Waals surface area contributed by atoms with Gasteiger partial charge in [0.25, 0.3) is 0 Å². The van der Waals surface area contributed by atoms with Crippen LogP contribution < -0.4 is 5.32 Å². The summed E-state index contributed by atoms with van der Waals surface area (Å²) in [6.45, 7) is 7.07. The van der Waals surface area contributed by atoms with E-state index < -0.39 is 11.9 Å². The van der Waals surface area contributed by atoms with Crippen LogP contribution in [0.2, 0.25) is 0 Å². The van der Waals surface area contributed by atoms with Crippen LogP contribution in [0.5, 0.6) is 0 Å². The van der Waals surface area contributed by atoms with Gasteiger partial charge in [0.2, 0.25) is 0 Å². The minimum Gasteiger partial charge on any atom is -0.406 e. The molecular weight excluding hydrogens is 294 g/mol. The van der Waals surface area contributed by atoms with Crippen LogP contribution in [0, 0.1) is 0 Å². The first kappa shape index (κ1) is 16.0. The molecule has 0 atom stereocenters. The van der Waals surface area contributed by atoms with Gasteiger partial charge in [-0.15, -0.1) is 0 Å². The first-order chi connectivity index (χ1) is 11.1. The van der Waals surface area contributed by atoms with Crippen LogP contribution in [0.1, 0.15) is 20.7 Å². The fourth-order valence-corrected chi connectivity index (χ4v) is 1.70. The average molecular weight is 309 g/mol. The van der Waals surface area contributed by atoms with Crippen molar-refractivity contribution >= 4 is 11.9 Å². The van der Waals surface area contributed by atoms with E-state index in [0.717, 1.165) is 0 Å². The normalized spacial score (nSPS) is 9.57. The van der Waals surface area contributed by atoms with E-state index in [-0.39, 0.29) is 11.8 Å². The quantitative estimate of drug-likeness (QED) is 0.655. The number of carbonyl (C=O) groups excluding carboxylic acids is 2. The van der Waals surface area contributed by atoms with E-state index in [1.54, 1.807) is 60.7 Å². The van der Waals surface area contributed by atoms with Gasteiger partial charge >= 0.3 is 11.9 Å². The van der Waals surface area contributed by atoms with Crippen molar-refractivity contribution in [1.82, 2.24) is 5.32 Å². The average Bonchev–Trinajstić information content (AvgIpc) is 2.56. The fourth-order valence-electron chi connectivity index (χ4n) is 1.70. The third-order valence-electron chi connectivity index (χ3n) is 2.73. The van der Waals surface area contributed by atoms with Gasteiger partial charge < -0.3 is 9.47 Å². The number of rotatable bonds is 6. The van der Waals surface area contributed by atoms with Crippen LogP contribution in [0.15, 0.2) is 85.6 Å². The molecule has 0 aliphatic heterocycles. The Hall–Kier alpha value is -3.34. The third kappa shape index (κ3) is 4.86. The summed E-state index contributed by atoms with van der Waals surface area (Å²) in [5, 5.41) is 2.51. The SMILES string of the molecule is C=C(NC(=C)OC(=O)c1ccccc1)OC(=O)c1ccccc1. The molecule has 0 radical (unpaired) electrons. The molecule has 116 valence electrons. The van der Waals surface area contributed by atoms with E-state index in [4.69, 9.17) is 9.47 Å². The molecule has 0 aliphatic carbocycles. The Balaban J connectivity index is 1.84. The van der Waals surface area contributed by atoms with Crippen molar-refractivity contribution in [2.45, 2.75) is 0 Å². The van der Waals surface area contributed by atoms with Gasteiger partial charge in [-0.05, 0) is 37.4 Å². The molecule has 1 N–H and O–H groups in total. The summed E-state index contributed by atoms with van der Waals surface area (Å²) in [6, 6.07) is 16.9. The first-order valence-electron chi connectivity index (χ1n) is 6.75. The summed E-state index contributed by atoms with van der Waals surface area (Å²) < 4.78 is 10.00. The van der Waals surface area contributed by atoms with Crippen LogP contribution >= 0.6 is 0 Å². The largest absolute Gasteiger partial charge is 0.406 e. The van der Waals surface area contributed by atoms with Gasteiger partial charge in [-0.2, -0.15) is 0 Å². The first-order valence-corrected chi connectivity index (χ1v) is 6.75. The van der Waals surface area contributed by atoms with E-state index in [1.807, 2.05) is 0 Å². The molecule has 0 aliphatic rings. The Morgan fingerprint density at radius 2 is 1.04 bits per heavy atom. The lowest BCUT2D eigenvalue weighted by molar-refractivity contribution is 0.0556. The maximum absolute atomic E-state index is 11.8. The number of nitrogens with one attached hydrogen (secondary N) is 1. The van der Waals surface area contributed by atoms with Crippen LogP contribution in [-0.2, 0) is 9.47 Å². The van der Waals surface area contributed by atoms with Gasteiger partial charge in [0, 0.05) is 0 Å². The highest BCUT2D eigenvalue weighted by atomic mass is 16.6. The second-order valence-electron chi connectivity index (χ2n) is 4.48. The van der Waals surface area contributed by atoms with E-state index in [0.29, 0.717) is 11.1 Å². The summed E-state index contributed by atoms with van der Waals surface area (Å²) in [7, 11) is 0. The lowest BCUT2D eigenvalue weighted by Gasteiger charge is -2.12. The second-order valence-corrected chi connectivity index (χ2v) is 4.48. The molecule has 0 unspecified atom stereocenters. The van der Waals surface area contributed by atoms with E-state index in [1.165, 1.54) is 0 Å². The van der Waals surface area contributed by atoms with E-state index in [2.05, 4.69) is 18.5 Å². The Morgan fingerprint density at radius 1 is 0.696 bits per heavy atom. The fraction of sp³-hybridized carbons (Fsp3) is 0. The summed E-state index contributed by atoms with van der Waals surface area (Å²) in [4.78, 5) is 23.6. The van der Waals surface area contributed by atoms with Gasteiger partial charge in [-0.3, -0.25) is 5.32 Å². The summed E-state index contributed by atoms with van der Waals surface area (Å²) >= 11 is 0.